The molecule has 21 heavy (non-hydrogen) atoms. The van der Waals surface area contributed by atoms with Gasteiger partial charge in [-0.3, -0.25) is 0 Å². The molecule has 0 saturated carbocycles. The number of rotatable bonds is 6. The molecule has 0 unspecified atom stereocenters. The van der Waals surface area contributed by atoms with Crippen LogP contribution in [0.1, 0.15) is 38.2 Å². The Bertz CT molecular complexity index is 595. The Labute approximate surface area is 130 Å². The largest absolute Gasteiger partial charge is 0.484 e. The molecule has 1 atom stereocenters. The summed E-state index contributed by atoms with van der Waals surface area (Å²) < 4.78 is 7.60. The monoisotopic (exact) mass is 308 g/mol. The standard InChI is InChI=1S/C15H21ClN4O/c1-10(2)7-20-15(18-9-19-20)8-21-14-5-4-12(11(3)17)6-13(14)16/h4-6,9-11H,7-8,17H2,1-3H3/t11-/m1/s1. The summed E-state index contributed by atoms with van der Waals surface area (Å²) in [6.07, 6.45) is 1.54. The topological polar surface area (TPSA) is 66.0 Å². The van der Waals surface area contributed by atoms with Gasteiger partial charge in [-0.15, -0.1) is 0 Å². The van der Waals surface area contributed by atoms with Crippen LogP contribution in [0.5, 0.6) is 5.75 Å². The van der Waals surface area contributed by atoms with E-state index >= 15 is 0 Å². The third-order valence-electron chi connectivity index (χ3n) is 3.07. The van der Waals surface area contributed by atoms with E-state index in [0.717, 1.165) is 17.9 Å². The molecule has 0 aliphatic carbocycles. The number of halogens is 1. The lowest BCUT2D eigenvalue weighted by Gasteiger charge is -2.12. The van der Waals surface area contributed by atoms with Crippen LogP contribution in [0.4, 0.5) is 0 Å². The van der Waals surface area contributed by atoms with Gasteiger partial charge in [-0.2, -0.15) is 5.10 Å². The second-order valence-corrected chi connectivity index (χ2v) is 5.93. The lowest BCUT2D eigenvalue weighted by molar-refractivity contribution is 0.282. The van der Waals surface area contributed by atoms with Crippen LogP contribution in [-0.2, 0) is 13.2 Å². The third-order valence-corrected chi connectivity index (χ3v) is 3.37. The lowest BCUT2D eigenvalue weighted by atomic mass is 10.1. The molecule has 0 amide bonds. The van der Waals surface area contributed by atoms with Gasteiger partial charge in [-0.05, 0) is 30.5 Å². The number of hydrogen-bond donors (Lipinski definition) is 1. The molecular weight excluding hydrogens is 288 g/mol. The third kappa shape index (κ3) is 4.19. The molecule has 114 valence electrons. The average molecular weight is 309 g/mol. The minimum Gasteiger partial charge on any atom is -0.484 e. The first-order chi connectivity index (χ1) is 9.97. The fraction of sp³-hybridized carbons (Fsp3) is 0.467. The first-order valence-corrected chi connectivity index (χ1v) is 7.39. The molecule has 0 fully saturated rings. The van der Waals surface area contributed by atoms with E-state index in [9.17, 15) is 0 Å². The van der Waals surface area contributed by atoms with Crippen LogP contribution in [0.25, 0.3) is 0 Å². The van der Waals surface area contributed by atoms with Crippen molar-refractivity contribution >= 4 is 11.6 Å². The molecule has 0 saturated heterocycles. The molecule has 1 aromatic heterocycles. The van der Waals surface area contributed by atoms with Crippen LogP contribution in [0.15, 0.2) is 24.5 Å². The number of aromatic nitrogens is 3. The van der Waals surface area contributed by atoms with Gasteiger partial charge in [0.05, 0.1) is 5.02 Å². The van der Waals surface area contributed by atoms with E-state index in [1.807, 2.05) is 29.8 Å². The normalized spacial score (nSPS) is 12.7. The first-order valence-electron chi connectivity index (χ1n) is 7.02. The molecule has 0 radical (unpaired) electrons. The molecule has 0 aliphatic rings. The molecule has 6 heteroatoms. The molecule has 1 heterocycles. The number of nitrogens with two attached hydrogens (primary N) is 1. The van der Waals surface area contributed by atoms with E-state index < -0.39 is 0 Å². The zero-order valence-corrected chi connectivity index (χ0v) is 13.3. The van der Waals surface area contributed by atoms with E-state index in [1.54, 1.807) is 6.33 Å². The van der Waals surface area contributed by atoms with Crippen LogP contribution in [0, 0.1) is 5.92 Å². The Kier molecular flexibility index (Phi) is 5.20. The molecule has 0 aliphatic heterocycles. The summed E-state index contributed by atoms with van der Waals surface area (Å²) in [7, 11) is 0. The maximum Gasteiger partial charge on any atom is 0.164 e. The fourth-order valence-electron chi connectivity index (χ4n) is 1.96. The van der Waals surface area contributed by atoms with Gasteiger partial charge in [0.2, 0.25) is 0 Å². The van der Waals surface area contributed by atoms with Crippen molar-refractivity contribution in [2.24, 2.45) is 11.7 Å². The minimum atomic E-state index is -0.0503. The Morgan fingerprint density at radius 1 is 1.33 bits per heavy atom. The zero-order chi connectivity index (χ0) is 15.4. The van der Waals surface area contributed by atoms with Gasteiger partial charge in [0.15, 0.2) is 5.82 Å². The van der Waals surface area contributed by atoms with Crippen molar-refractivity contribution in [1.29, 1.82) is 0 Å². The first kappa shape index (κ1) is 15.8. The smallest absolute Gasteiger partial charge is 0.164 e. The Morgan fingerprint density at radius 2 is 2.10 bits per heavy atom. The average Bonchev–Trinajstić information content (AvgIpc) is 2.83. The van der Waals surface area contributed by atoms with Crippen molar-refractivity contribution in [2.75, 3.05) is 0 Å². The summed E-state index contributed by atoms with van der Waals surface area (Å²) in [4.78, 5) is 4.22. The molecule has 2 aromatic rings. The van der Waals surface area contributed by atoms with Crippen molar-refractivity contribution in [3.63, 3.8) is 0 Å². The van der Waals surface area contributed by atoms with E-state index in [0.29, 0.717) is 23.3 Å². The van der Waals surface area contributed by atoms with Gasteiger partial charge in [0.1, 0.15) is 18.7 Å². The van der Waals surface area contributed by atoms with Crippen LogP contribution < -0.4 is 10.5 Å². The quantitative estimate of drug-likeness (QED) is 0.890. The second-order valence-electron chi connectivity index (χ2n) is 5.52. The van der Waals surface area contributed by atoms with Crippen molar-refractivity contribution < 1.29 is 4.74 Å². The van der Waals surface area contributed by atoms with Crippen LogP contribution in [0.2, 0.25) is 5.02 Å². The van der Waals surface area contributed by atoms with Crippen molar-refractivity contribution in [3.05, 3.63) is 40.9 Å². The van der Waals surface area contributed by atoms with Gasteiger partial charge in [0.25, 0.3) is 0 Å². The lowest BCUT2D eigenvalue weighted by Crippen LogP contribution is -2.12. The van der Waals surface area contributed by atoms with Gasteiger partial charge in [-0.1, -0.05) is 31.5 Å². The highest BCUT2D eigenvalue weighted by molar-refractivity contribution is 6.32. The van der Waals surface area contributed by atoms with E-state index in [2.05, 4.69) is 23.9 Å². The highest BCUT2D eigenvalue weighted by Crippen LogP contribution is 2.27. The van der Waals surface area contributed by atoms with E-state index in [-0.39, 0.29) is 6.04 Å². The van der Waals surface area contributed by atoms with Gasteiger partial charge in [0, 0.05) is 12.6 Å². The molecular formula is C15H21ClN4O. The van der Waals surface area contributed by atoms with Gasteiger partial charge in [-0.25, -0.2) is 9.67 Å². The summed E-state index contributed by atoms with van der Waals surface area (Å²) in [6.45, 7) is 7.34. The molecule has 0 spiro atoms. The zero-order valence-electron chi connectivity index (χ0n) is 12.6. The number of ether oxygens (including phenoxy) is 1. The van der Waals surface area contributed by atoms with Crippen LogP contribution in [0.3, 0.4) is 0 Å². The number of hydrogen-bond acceptors (Lipinski definition) is 4. The Hall–Kier alpha value is -1.59. The van der Waals surface area contributed by atoms with Crippen LogP contribution in [-0.4, -0.2) is 14.8 Å². The molecule has 2 N–H and O–H groups in total. The molecule has 1 aromatic carbocycles. The van der Waals surface area contributed by atoms with Crippen LogP contribution >= 0.6 is 11.6 Å². The van der Waals surface area contributed by atoms with E-state index in [4.69, 9.17) is 22.1 Å². The van der Waals surface area contributed by atoms with Gasteiger partial charge < -0.3 is 10.5 Å². The minimum absolute atomic E-state index is 0.0503. The molecule has 0 bridgehead atoms. The number of benzene rings is 1. The fourth-order valence-corrected chi connectivity index (χ4v) is 2.20. The summed E-state index contributed by atoms with van der Waals surface area (Å²) in [6, 6.07) is 5.54. The summed E-state index contributed by atoms with van der Waals surface area (Å²) >= 11 is 6.21. The van der Waals surface area contributed by atoms with Gasteiger partial charge >= 0.3 is 0 Å². The van der Waals surface area contributed by atoms with Crippen molar-refractivity contribution in [3.8, 4) is 5.75 Å². The SMILES string of the molecule is CC(C)Cn1ncnc1COc1ccc([C@@H](C)N)cc1Cl. The highest BCUT2D eigenvalue weighted by Gasteiger charge is 2.10. The van der Waals surface area contributed by atoms with E-state index in [1.165, 1.54) is 0 Å². The predicted octanol–water partition coefficient (Wildman–Crippen LogP) is 3.19. The van der Waals surface area contributed by atoms with Crippen molar-refractivity contribution in [2.45, 2.75) is 40.0 Å². The predicted molar refractivity (Wildman–Crippen MR) is 83.2 cm³/mol. The second kappa shape index (κ2) is 6.91. The molecule has 5 nitrogen and oxygen atoms in total. The Morgan fingerprint density at radius 3 is 2.71 bits per heavy atom. The summed E-state index contributed by atoms with van der Waals surface area (Å²) in [5.41, 5.74) is 6.81. The highest BCUT2D eigenvalue weighted by atomic mass is 35.5. The van der Waals surface area contributed by atoms with Crippen molar-refractivity contribution in [1.82, 2.24) is 14.8 Å². The maximum atomic E-state index is 6.21. The summed E-state index contributed by atoms with van der Waals surface area (Å²) in [5.74, 6) is 1.91. The number of nitrogens with zero attached hydrogens (tertiary/aromatic N) is 3. The maximum absolute atomic E-state index is 6.21. The Balaban J connectivity index is 2.05. The molecule has 2 rings (SSSR count). The summed E-state index contributed by atoms with van der Waals surface area (Å²) in [5, 5.41) is 4.76.